The molecule has 7 nitrogen and oxygen atoms in total. The van der Waals surface area contributed by atoms with Gasteiger partial charge >= 0.3 is 89.2 Å². The number of anilines is 1. The van der Waals surface area contributed by atoms with Gasteiger partial charge in [-0.15, -0.1) is 17.7 Å². The van der Waals surface area contributed by atoms with Crippen LogP contribution in [0, 0.1) is 0 Å². The predicted molar refractivity (Wildman–Crippen MR) is 71.3 cm³/mol. The smallest absolute Gasteiger partial charge is 0.203 e. The van der Waals surface area contributed by atoms with E-state index in [-0.39, 0.29) is 6.03 Å². The standard InChI is InChI=1S/C8H9N2O.CH2N4S.Na/c1-9-8(11)10-7-5-3-2-4-6-7;6-1-2-4-5-3-1;/h2-5H,1H3,(H2,9,10,11);(H2,2,3,4,5,6);. The summed E-state index contributed by atoms with van der Waals surface area (Å²) in [5.41, 5.74) is 0.906. The zero-order valence-electron chi connectivity index (χ0n) is 10.0. The molecule has 3 N–H and O–H groups in total. The minimum absolute atomic E-state index is 0.168. The van der Waals surface area contributed by atoms with Crippen LogP contribution in [0.25, 0.3) is 0 Å². The number of tetrazole rings is 1. The fourth-order valence-corrected chi connectivity index (χ4v) is 1.62. The van der Waals surface area contributed by atoms with Gasteiger partial charge in [-0.3, -0.25) is 0 Å². The Morgan fingerprint density at radius 2 is 2.17 bits per heavy atom. The van der Waals surface area contributed by atoms with E-state index in [1.807, 2.05) is 24.3 Å². The molecule has 0 saturated heterocycles. The van der Waals surface area contributed by atoms with E-state index in [2.05, 4.69) is 43.9 Å². The van der Waals surface area contributed by atoms with Crippen molar-refractivity contribution in [2.75, 3.05) is 12.4 Å². The van der Waals surface area contributed by atoms with Crippen LogP contribution in [-0.2, 0) is 0 Å². The third-order valence-electron chi connectivity index (χ3n) is 1.95. The summed E-state index contributed by atoms with van der Waals surface area (Å²) in [5.74, 6) is 0. The Morgan fingerprint density at radius 1 is 1.44 bits per heavy atom. The maximum atomic E-state index is 10.9. The Balaban J connectivity index is 0.000000225. The van der Waals surface area contributed by atoms with Gasteiger partial charge in [0.1, 0.15) is 0 Å². The van der Waals surface area contributed by atoms with Gasteiger partial charge in [0.15, 0.2) is 0 Å². The molecule has 0 unspecified atom stereocenters. The van der Waals surface area contributed by atoms with Crippen LogP contribution in [0.3, 0.4) is 0 Å². The van der Waals surface area contributed by atoms with E-state index in [9.17, 15) is 4.79 Å². The summed E-state index contributed by atoms with van der Waals surface area (Å²) >= 11 is 4.68. The molecule has 0 aliphatic rings. The number of nitrogens with zero attached hydrogens (tertiary/aromatic N) is 3. The second-order valence-electron chi connectivity index (χ2n) is 3.24. The van der Waals surface area contributed by atoms with Gasteiger partial charge in [-0.1, -0.05) is 0 Å². The van der Waals surface area contributed by atoms with Gasteiger partial charge in [0.2, 0.25) is 5.16 Å². The number of nitrogens with one attached hydrogen (secondary N) is 3. The Hall–Kier alpha value is -1.09. The number of para-hydroxylation sites is 1. The van der Waals surface area contributed by atoms with Crippen LogP contribution in [0.4, 0.5) is 10.5 Å². The van der Waals surface area contributed by atoms with Gasteiger partial charge in [0, 0.05) is 0 Å². The van der Waals surface area contributed by atoms with E-state index < -0.39 is 0 Å². The van der Waals surface area contributed by atoms with E-state index in [1.165, 1.54) is 2.81 Å². The molecule has 18 heavy (non-hydrogen) atoms. The second kappa shape index (κ2) is 8.09. The normalized spacial score (nSPS) is 9.11. The predicted octanol–water partition coefficient (Wildman–Crippen LogP) is -0.280. The molecule has 2 amide bonds. The number of carbonyl (C=O) groups is 1. The maximum Gasteiger partial charge on any atom is 0.203 e. The first kappa shape index (κ1) is 15.0. The molecule has 2 aromatic rings. The number of amides is 2. The summed E-state index contributed by atoms with van der Waals surface area (Å²) in [6.07, 6.45) is 0. The Bertz CT molecular complexity index is 492. The van der Waals surface area contributed by atoms with Gasteiger partial charge in [0.25, 0.3) is 0 Å². The molecule has 0 saturated carbocycles. The molecule has 1 aromatic carbocycles. The molecule has 0 spiro atoms. The van der Waals surface area contributed by atoms with Crippen LogP contribution in [0.15, 0.2) is 29.4 Å². The van der Waals surface area contributed by atoms with Crippen molar-refractivity contribution >= 4 is 55.1 Å². The first-order valence-electron chi connectivity index (χ1n) is 5.10. The average molecular weight is 274 g/mol. The molecular weight excluding hydrogens is 263 g/mol. The molecule has 0 atom stereocenters. The van der Waals surface area contributed by atoms with Crippen LogP contribution in [0.5, 0.6) is 0 Å². The van der Waals surface area contributed by atoms with Crippen LogP contribution >= 0.6 is 12.6 Å². The van der Waals surface area contributed by atoms with Crippen molar-refractivity contribution in [3.63, 3.8) is 0 Å². The van der Waals surface area contributed by atoms with Gasteiger partial charge in [-0.2, -0.15) is 0 Å². The third-order valence-corrected chi connectivity index (χ3v) is 3.02. The molecule has 0 fully saturated rings. The molecular formula is C9H11N6NaOS. The number of aromatic amines is 1. The van der Waals surface area contributed by atoms with Crippen LogP contribution in [0.1, 0.15) is 0 Å². The van der Waals surface area contributed by atoms with Crippen molar-refractivity contribution in [3.05, 3.63) is 24.3 Å². The quantitative estimate of drug-likeness (QED) is 0.425. The summed E-state index contributed by atoms with van der Waals surface area (Å²) in [4.78, 5) is 10.9. The van der Waals surface area contributed by atoms with Crippen LogP contribution in [0.2, 0.25) is 0 Å². The fraction of sp³-hybridized carbons (Fsp3) is 0.111. The monoisotopic (exact) mass is 274 g/mol. The fourth-order valence-electron chi connectivity index (χ4n) is 1.05. The number of urea groups is 1. The molecule has 1 heterocycles. The minimum atomic E-state index is -0.168. The summed E-state index contributed by atoms with van der Waals surface area (Å²) in [6, 6.07) is 7.62. The number of carbonyl (C=O) groups excluding carboxylic acids is 1. The molecule has 2 rings (SSSR count). The number of aromatic nitrogens is 4. The zero-order valence-corrected chi connectivity index (χ0v) is 12.9. The van der Waals surface area contributed by atoms with Crippen molar-refractivity contribution < 1.29 is 4.79 Å². The van der Waals surface area contributed by atoms with E-state index in [0.717, 1.165) is 33.6 Å². The number of H-pyrrole nitrogens is 1. The van der Waals surface area contributed by atoms with Gasteiger partial charge in [-0.25, -0.2) is 5.10 Å². The maximum absolute atomic E-state index is 10.9. The third kappa shape index (κ3) is 5.50. The van der Waals surface area contributed by atoms with Gasteiger partial charge in [-0.05, 0) is 10.4 Å². The Labute approximate surface area is 127 Å². The Kier molecular flexibility index (Phi) is 6.73. The molecule has 1 aromatic heterocycles. The second-order valence-corrected chi connectivity index (χ2v) is 4.74. The largest absolute Gasteiger partial charge is 0.234 e. The van der Waals surface area contributed by atoms with E-state index in [4.69, 9.17) is 0 Å². The van der Waals surface area contributed by atoms with E-state index in [0.29, 0.717) is 5.16 Å². The van der Waals surface area contributed by atoms with E-state index >= 15 is 0 Å². The van der Waals surface area contributed by atoms with Crippen molar-refractivity contribution in [2.24, 2.45) is 0 Å². The number of benzene rings is 1. The summed E-state index contributed by atoms with van der Waals surface area (Å²) < 4.78 is 1.20. The van der Waals surface area contributed by atoms with Crippen molar-refractivity contribution in [1.82, 2.24) is 25.9 Å². The van der Waals surface area contributed by atoms with E-state index in [1.54, 1.807) is 7.05 Å². The Morgan fingerprint density at radius 3 is 2.61 bits per heavy atom. The van der Waals surface area contributed by atoms with Crippen molar-refractivity contribution in [2.45, 2.75) is 5.16 Å². The number of hydrogen-bond acceptors (Lipinski definition) is 5. The molecule has 9 heteroatoms. The summed E-state index contributed by atoms with van der Waals surface area (Å²) in [6.45, 7) is 0. The SMILES string of the molecule is CNC(=O)Nc1cccc[c]1[Na].Sc1nnn[nH]1. The molecule has 90 valence electrons. The number of hydrogen-bond donors (Lipinski definition) is 4. The first-order valence-corrected chi connectivity index (χ1v) is 6.55. The summed E-state index contributed by atoms with van der Waals surface area (Å²) in [5, 5.41) is 17.9. The van der Waals surface area contributed by atoms with Crippen LogP contribution in [-0.4, -0.2) is 61.6 Å². The summed E-state index contributed by atoms with van der Waals surface area (Å²) in [7, 11) is 1.60. The van der Waals surface area contributed by atoms with Crippen molar-refractivity contribution in [3.8, 4) is 0 Å². The number of rotatable bonds is 1. The number of thiol groups is 1. The van der Waals surface area contributed by atoms with Crippen LogP contribution < -0.4 is 13.4 Å². The molecule has 0 radical (unpaired) electrons. The average Bonchev–Trinajstić information content (AvgIpc) is 2.84. The first-order chi connectivity index (χ1) is 8.63. The van der Waals surface area contributed by atoms with Crippen molar-refractivity contribution in [1.29, 1.82) is 0 Å². The molecule has 0 aliphatic carbocycles. The zero-order chi connectivity index (χ0) is 13.4. The molecule has 0 bridgehead atoms. The van der Waals surface area contributed by atoms with Gasteiger partial charge in [0.05, 0.1) is 0 Å². The topological polar surface area (TPSA) is 95.6 Å². The minimum Gasteiger partial charge on any atom is -0.234 e. The molecule has 0 aliphatic heterocycles. The van der Waals surface area contributed by atoms with Gasteiger partial charge < -0.3 is 0 Å².